The topological polar surface area (TPSA) is 30.7 Å². The Hall–Kier alpha value is -11.3. The largest absolute Gasteiger partial charge is 0.309 e. The van der Waals surface area contributed by atoms with Crippen molar-refractivity contribution in [3.05, 3.63) is 342 Å². The van der Waals surface area contributed by atoms with Crippen molar-refractivity contribution in [2.75, 3.05) is 0 Å². The molecule has 0 saturated carbocycles. The van der Waals surface area contributed by atoms with E-state index in [0.717, 1.165) is 49.8 Å². The number of benzene rings is 14. The Morgan fingerprint density at radius 1 is 0.241 bits per heavy atom. The van der Waals surface area contributed by atoms with Gasteiger partial charge in [0, 0.05) is 32.8 Å². The Balaban J connectivity index is 0.795. The van der Waals surface area contributed by atoms with Crippen molar-refractivity contribution in [3.8, 4) is 83.7 Å². The van der Waals surface area contributed by atoms with Gasteiger partial charge in [0.2, 0.25) is 0 Å². The van der Waals surface area contributed by atoms with Crippen molar-refractivity contribution in [3.63, 3.8) is 0 Å². The first-order chi connectivity index (χ1) is 43.1. The van der Waals surface area contributed by atoms with Crippen LogP contribution in [0.15, 0.2) is 297 Å². The molecule has 87 heavy (non-hydrogen) atoms. The highest BCUT2D eigenvalue weighted by Gasteiger charge is 2.53. The second kappa shape index (κ2) is 17.2. The Bertz CT molecular complexity index is 5330. The van der Waals surface area contributed by atoms with E-state index in [9.17, 15) is 0 Å². The molecule has 0 saturated heterocycles. The van der Waals surface area contributed by atoms with Gasteiger partial charge in [0.15, 0.2) is 0 Å². The second-order valence-corrected chi connectivity index (χ2v) is 24.2. The maximum absolute atomic E-state index is 5.47. The molecule has 2 spiro atoms. The zero-order valence-electron chi connectivity index (χ0n) is 47.1. The summed E-state index contributed by atoms with van der Waals surface area (Å²) in [6, 6.07) is 109. The fourth-order valence-electron chi connectivity index (χ4n) is 16.8. The summed E-state index contributed by atoms with van der Waals surface area (Å²) in [6.07, 6.45) is 1.96. The van der Waals surface area contributed by atoms with Crippen LogP contribution in [0.1, 0.15) is 44.5 Å². The zero-order valence-corrected chi connectivity index (χ0v) is 47.1. The minimum atomic E-state index is -0.441. The molecule has 4 aliphatic rings. The average Bonchev–Trinajstić information content (AvgIpc) is 1.60. The smallest absolute Gasteiger partial charge is 0.0979 e. The lowest BCUT2D eigenvalue weighted by Crippen LogP contribution is -2.25. The van der Waals surface area contributed by atoms with Crippen LogP contribution in [0, 0.1) is 0 Å². The van der Waals surface area contributed by atoms with Crippen molar-refractivity contribution in [1.29, 1.82) is 0 Å². The molecule has 0 atom stereocenters. The summed E-state index contributed by atoms with van der Waals surface area (Å²) in [5.41, 5.74) is 32.1. The van der Waals surface area contributed by atoms with Gasteiger partial charge < -0.3 is 4.57 Å². The van der Waals surface area contributed by atoms with E-state index < -0.39 is 10.8 Å². The molecule has 4 aliphatic carbocycles. The molecule has 0 fully saturated rings. The van der Waals surface area contributed by atoms with Gasteiger partial charge in [-0.1, -0.05) is 243 Å². The van der Waals surface area contributed by atoms with Crippen molar-refractivity contribution < 1.29 is 0 Å². The van der Waals surface area contributed by atoms with Crippen molar-refractivity contribution in [2.24, 2.45) is 0 Å². The number of nitrogens with zero attached hydrogens (tertiary/aromatic N) is 3. The van der Waals surface area contributed by atoms with Crippen LogP contribution in [0.2, 0.25) is 0 Å². The van der Waals surface area contributed by atoms with Crippen LogP contribution in [0.4, 0.5) is 0 Å². The highest BCUT2D eigenvalue weighted by atomic mass is 15.0. The van der Waals surface area contributed by atoms with Gasteiger partial charge >= 0.3 is 0 Å². The zero-order chi connectivity index (χ0) is 56.7. The first-order valence-electron chi connectivity index (χ1n) is 30.3. The summed E-state index contributed by atoms with van der Waals surface area (Å²) in [5.74, 6) is 0. The highest BCUT2D eigenvalue weighted by molar-refractivity contribution is 6.23. The predicted molar refractivity (Wildman–Crippen MR) is 358 cm³/mol. The highest BCUT2D eigenvalue weighted by Crippen LogP contribution is 2.65. The molecular weight excluding hydrogens is 1050 g/mol. The number of fused-ring (bicyclic) bond motifs is 29. The van der Waals surface area contributed by atoms with Crippen LogP contribution in [-0.4, -0.2) is 14.5 Å². The third kappa shape index (κ3) is 6.05. The van der Waals surface area contributed by atoms with E-state index in [4.69, 9.17) is 9.97 Å². The summed E-state index contributed by atoms with van der Waals surface area (Å²) < 4.78 is 2.46. The first-order valence-corrected chi connectivity index (χ1v) is 30.3. The van der Waals surface area contributed by atoms with Crippen LogP contribution in [-0.2, 0) is 10.8 Å². The minimum absolute atomic E-state index is 0.441. The van der Waals surface area contributed by atoms with Gasteiger partial charge in [-0.15, -0.1) is 0 Å². The minimum Gasteiger partial charge on any atom is -0.309 e. The van der Waals surface area contributed by atoms with E-state index in [1.165, 1.54) is 133 Å². The Labute approximate surface area is 502 Å². The monoisotopic (exact) mass is 1100 g/mol. The standard InChI is InChI=1S/C84H49N3/c1-3-28-66-56(20-1)57-21-2-4-29-67(57)82-81(66)85-49-78(86-82)54-18-17-19-55(44-54)87-79-42-38-50(52-36-40-64-62-26-9-15-34-74(62)83(76(64)47-52)70-30-11-5-22-58(70)59-23-6-12-31-71(59)83)45-68(79)69-46-51(39-43-80(69)87)53-37-41-65-63-27-10-16-35-75(63)84(77(65)48-53)72-32-13-7-24-60(72)61-25-8-14-33-73(61)84/h1-49H. The third-order valence-corrected chi connectivity index (χ3v) is 20.3. The molecule has 20 rings (SSSR count). The van der Waals surface area contributed by atoms with Crippen LogP contribution >= 0.6 is 0 Å². The van der Waals surface area contributed by atoms with Crippen LogP contribution < -0.4 is 0 Å². The Kier molecular flexibility index (Phi) is 9.32. The Morgan fingerprint density at radius 2 is 0.598 bits per heavy atom. The summed E-state index contributed by atoms with van der Waals surface area (Å²) in [5, 5.41) is 6.97. The SMILES string of the molecule is c1cc(-c2cnc3c4ccccc4c4ccccc4c3n2)cc(-n2c3ccc(-c4ccc5c(c4)C4(c6ccccc6-c6ccccc64)c4ccccc4-5)cc3c3cc(-c4ccc5c(c4)C4(c6ccccc6-c6ccccc64)c4ccccc4-5)ccc32)c1. The van der Waals surface area contributed by atoms with Crippen molar-refractivity contribution in [1.82, 2.24) is 14.5 Å². The molecule has 2 aromatic heterocycles. The van der Waals surface area contributed by atoms with Gasteiger partial charge in [-0.3, -0.25) is 4.98 Å². The van der Waals surface area contributed by atoms with Crippen LogP contribution in [0.25, 0.3) is 138 Å². The maximum atomic E-state index is 5.47. The average molecular weight is 1100 g/mol. The van der Waals surface area contributed by atoms with Gasteiger partial charge in [-0.05, 0) is 171 Å². The van der Waals surface area contributed by atoms with E-state index in [1.807, 2.05) is 6.20 Å². The number of aromatic nitrogens is 3. The molecule has 0 radical (unpaired) electrons. The van der Waals surface area contributed by atoms with Crippen molar-refractivity contribution >= 4 is 54.4 Å². The summed E-state index contributed by atoms with van der Waals surface area (Å²) in [4.78, 5) is 10.7. The van der Waals surface area contributed by atoms with Gasteiger partial charge in [-0.2, -0.15) is 0 Å². The third-order valence-electron chi connectivity index (χ3n) is 20.3. The fourth-order valence-corrected chi connectivity index (χ4v) is 16.8. The normalized spacial score (nSPS) is 13.9. The van der Waals surface area contributed by atoms with E-state index in [2.05, 4.69) is 296 Å². The summed E-state index contributed by atoms with van der Waals surface area (Å²) in [7, 11) is 0. The molecular formula is C84H49N3. The van der Waals surface area contributed by atoms with E-state index in [1.54, 1.807) is 0 Å². The molecule has 3 heteroatoms. The van der Waals surface area contributed by atoms with E-state index in [0.29, 0.717) is 0 Å². The van der Waals surface area contributed by atoms with Gasteiger partial charge in [0.25, 0.3) is 0 Å². The van der Waals surface area contributed by atoms with Crippen LogP contribution in [0.3, 0.4) is 0 Å². The molecule has 3 nitrogen and oxygen atoms in total. The van der Waals surface area contributed by atoms with Gasteiger partial charge in [0.1, 0.15) is 0 Å². The summed E-state index contributed by atoms with van der Waals surface area (Å²) in [6.45, 7) is 0. The predicted octanol–water partition coefficient (Wildman–Crippen LogP) is 20.7. The summed E-state index contributed by atoms with van der Waals surface area (Å²) >= 11 is 0. The Morgan fingerprint density at radius 3 is 1.03 bits per heavy atom. The van der Waals surface area contributed by atoms with E-state index in [-0.39, 0.29) is 0 Å². The molecule has 0 aliphatic heterocycles. The molecule has 0 bridgehead atoms. The number of hydrogen-bond donors (Lipinski definition) is 0. The lowest BCUT2D eigenvalue weighted by molar-refractivity contribution is 0.794. The second-order valence-electron chi connectivity index (χ2n) is 24.2. The maximum Gasteiger partial charge on any atom is 0.0979 e. The molecule has 14 aromatic carbocycles. The molecule has 0 amide bonds. The number of hydrogen-bond acceptors (Lipinski definition) is 2. The quantitative estimate of drug-likeness (QED) is 0.164. The van der Waals surface area contributed by atoms with Gasteiger partial charge in [-0.25, -0.2) is 4.98 Å². The molecule has 0 N–H and O–H groups in total. The fraction of sp³-hybridized carbons (Fsp3) is 0.0238. The number of rotatable bonds is 4. The molecule has 0 unspecified atom stereocenters. The van der Waals surface area contributed by atoms with Gasteiger partial charge in [0.05, 0.1) is 44.8 Å². The van der Waals surface area contributed by atoms with E-state index >= 15 is 0 Å². The van der Waals surface area contributed by atoms with Crippen molar-refractivity contribution in [2.45, 2.75) is 10.8 Å². The molecule has 400 valence electrons. The van der Waals surface area contributed by atoms with Crippen LogP contribution in [0.5, 0.6) is 0 Å². The molecule has 16 aromatic rings. The lowest BCUT2D eigenvalue weighted by atomic mass is 9.70. The molecule has 2 heterocycles. The lowest BCUT2D eigenvalue weighted by Gasteiger charge is -2.30. The first kappa shape index (κ1) is 47.1.